The summed E-state index contributed by atoms with van der Waals surface area (Å²) in [5.41, 5.74) is 0.821. The summed E-state index contributed by atoms with van der Waals surface area (Å²) in [5.74, 6) is 0.587. The molecule has 2 atom stereocenters. The normalized spacial score (nSPS) is 24.3. The summed E-state index contributed by atoms with van der Waals surface area (Å²) >= 11 is 0. The van der Waals surface area contributed by atoms with E-state index in [2.05, 4.69) is 12.2 Å². The van der Waals surface area contributed by atoms with Gasteiger partial charge >= 0.3 is 0 Å². The Kier molecular flexibility index (Phi) is 3.61. The van der Waals surface area contributed by atoms with Gasteiger partial charge in [-0.2, -0.15) is 0 Å². The van der Waals surface area contributed by atoms with Crippen LogP contribution in [-0.4, -0.2) is 11.0 Å². The van der Waals surface area contributed by atoms with Gasteiger partial charge in [-0.25, -0.2) is 0 Å². The van der Waals surface area contributed by atoms with E-state index in [0.29, 0.717) is 17.6 Å². The second-order valence-electron chi connectivity index (χ2n) is 4.79. The van der Waals surface area contributed by atoms with Crippen LogP contribution >= 0.6 is 0 Å². The molecule has 1 saturated carbocycles. The van der Waals surface area contributed by atoms with Crippen molar-refractivity contribution in [3.8, 4) is 0 Å². The van der Waals surface area contributed by atoms with Crippen molar-refractivity contribution >= 4 is 11.4 Å². The standard InChI is InChI=1S/C13H18N2O2/c1-10-6-2-3-7-11(10)14-12-8-4-5-9-13(12)15(16)17/h4-5,8-11,14H,2-3,6-7H2,1H3. The highest BCUT2D eigenvalue weighted by Crippen LogP contribution is 2.30. The number of hydrogen-bond donors (Lipinski definition) is 1. The highest BCUT2D eigenvalue weighted by molar-refractivity contribution is 5.61. The SMILES string of the molecule is CC1CCCCC1Nc1ccccc1[N+](=O)[O-]. The van der Waals surface area contributed by atoms with Crippen LogP contribution in [0.2, 0.25) is 0 Å². The molecule has 1 aromatic carbocycles. The second-order valence-corrected chi connectivity index (χ2v) is 4.79. The van der Waals surface area contributed by atoms with Gasteiger partial charge in [-0.1, -0.05) is 31.9 Å². The molecule has 0 bridgehead atoms. The van der Waals surface area contributed by atoms with Crippen LogP contribution in [0.15, 0.2) is 24.3 Å². The molecule has 1 aliphatic rings. The number of nitro groups is 1. The van der Waals surface area contributed by atoms with Gasteiger partial charge in [0.15, 0.2) is 0 Å². The zero-order valence-corrected chi connectivity index (χ0v) is 10.1. The van der Waals surface area contributed by atoms with E-state index >= 15 is 0 Å². The van der Waals surface area contributed by atoms with Crippen molar-refractivity contribution in [3.05, 3.63) is 34.4 Å². The molecule has 92 valence electrons. The number of hydrogen-bond acceptors (Lipinski definition) is 3. The van der Waals surface area contributed by atoms with Crippen molar-refractivity contribution < 1.29 is 4.92 Å². The minimum absolute atomic E-state index is 0.172. The molecule has 2 rings (SSSR count). The summed E-state index contributed by atoms with van der Waals surface area (Å²) in [7, 11) is 0. The number of nitrogens with zero attached hydrogens (tertiary/aromatic N) is 1. The van der Waals surface area contributed by atoms with Crippen LogP contribution in [0.3, 0.4) is 0 Å². The quantitative estimate of drug-likeness (QED) is 0.642. The van der Waals surface area contributed by atoms with Gasteiger partial charge in [0.1, 0.15) is 5.69 Å². The lowest BCUT2D eigenvalue weighted by atomic mass is 9.86. The van der Waals surface area contributed by atoms with E-state index in [4.69, 9.17) is 0 Å². The molecule has 4 nitrogen and oxygen atoms in total. The molecule has 1 aromatic rings. The van der Waals surface area contributed by atoms with Gasteiger partial charge in [-0.05, 0) is 24.8 Å². The molecule has 1 fully saturated rings. The van der Waals surface area contributed by atoms with Gasteiger partial charge in [-0.15, -0.1) is 0 Å². The minimum Gasteiger partial charge on any atom is -0.376 e. The first-order chi connectivity index (χ1) is 8.18. The largest absolute Gasteiger partial charge is 0.376 e. The topological polar surface area (TPSA) is 55.2 Å². The molecule has 0 heterocycles. The molecule has 0 aliphatic heterocycles. The number of benzene rings is 1. The predicted octanol–water partition coefficient (Wildman–Crippen LogP) is 3.59. The molecule has 1 aliphatic carbocycles. The van der Waals surface area contributed by atoms with E-state index in [1.54, 1.807) is 18.2 Å². The number of anilines is 1. The van der Waals surface area contributed by atoms with E-state index in [-0.39, 0.29) is 10.6 Å². The van der Waals surface area contributed by atoms with E-state index < -0.39 is 0 Å². The second kappa shape index (κ2) is 5.17. The number of para-hydroxylation sites is 2. The van der Waals surface area contributed by atoms with Crippen molar-refractivity contribution in [2.24, 2.45) is 5.92 Å². The lowest BCUT2D eigenvalue weighted by Gasteiger charge is -2.30. The third-order valence-corrected chi connectivity index (χ3v) is 3.55. The van der Waals surface area contributed by atoms with Crippen LogP contribution in [-0.2, 0) is 0 Å². The molecule has 17 heavy (non-hydrogen) atoms. The fraction of sp³-hybridized carbons (Fsp3) is 0.538. The first kappa shape index (κ1) is 11.9. The fourth-order valence-electron chi connectivity index (χ4n) is 2.49. The third kappa shape index (κ3) is 2.75. The zero-order chi connectivity index (χ0) is 12.3. The Morgan fingerprint density at radius 3 is 2.71 bits per heavy atom. The lowest BCUT2D eigenvalue weighted by Crippen LogP contribution is -2.30. The van der Waals surface area contributed by atoms with Crippen molar-refractivity contribution in [1.82, 2.24) is 0 Å². The summed E-state index contributed by atoms with van der Waals surface area (Å²) in [4.78, 5) is 10.6. The van der Waals surface area contributed by atoms with Gasteiger partial charge in [0.2, 0.25) is 0 Å². The highest BCUT2D eigenvalue weighted by atomic mass is 16.6. The maximum Gasteiger partial charge on any atom is 0.292 e. The predicted molar refractivity (Wildman–Crippen MR) is 68.1 cm³/mol. The Morgan fingerprint density at radius 1 is 1.29 bits per heavy atom. The van der Waals surface area contributed by atoms with Crippen LogP contribution in [0, 0.1) is 16.0 Å². The van der Waals surface area contributed by atoms with Crippen molar-refractivity contribution in [1.29, 1.82) is 0 Å². The monoisotopic (exact) mass is 234 g/mol. The molecule has 0 saturated heterocycles. The summed E-state index contributed by atoms with van der Waals surface area (Å²) in [5, 5.41) is 14.2. The minimum atomic E-state index is -0.324. The van der Waals surface area contributed by atoms with Gasteiger partial charge in [0.25, 0.3) is 5.69 Å². The van der Waals surface area contributed by atoms with Crippen molar-refractivity contribution in [2.75, 3.05) is 5.32 Å². The molecule has 4 heteroatoms. The van der Waals surface area contributed by atoms with Crippen molar-refractivity contribution in [3.63, 3.8) is 0 Å². The summed E-state index contributed by atoms with van der Waals surface area (Å²) in [6.45, 7) is 2.21. The lowest BCUT2D eigenvalue weighted by molar-refractivity contribution is -0.384. The van der Waals surface area contributed by atoms with E-state index in [9.17, 15) is 10.1 Å². The molecule has 1 N–H and O–H groups in total. The maximum absolute atomic E-state index is 10.9. The Hall–Kier alpha value is -1.58. The molecular formula is C13H18N2O2. The third-order valence-electron chi connectivity index (χ3n) is 3.55. The number of rotatable bonds is 3. The van der Waals surface area contributed by atoms with Gasteiger partial charge in [0.05, 0.1) is 4.92 Å². The van der Waals surface area contributed by atoms with E-state index in [1.807, 2.05) is 6.07 Å². The Balaban J connectivity index is 2.14. The number of nitro benzene ring substituents is 1. The van der Waals surface area contributed by atoms with Crippen molar-refractivity contribution in [2.45, 2.75) is 38.6 Å². The first-order valence-electron chi connectivity index (χ1n) is 6.18. The van der Waals surface area contributed by atoms with Gasteiger partial charge < -0.3 is 5.32 Å². The Morgan fingerprint density at radius 2 is 2.00 bits per heavy atom. The number of nitrogens with one attached hydrogen (secondary N) is 1. The van der Waals surface area contributed by atoms with Gasteiger partial charge in [-0.3, -0.25) is 10.1 Å². The Bertz CT molecular complexity index is 406. The zero-order valence-electron chi connectivity index (χ0n) is 10.1. The molecule has 0 aromatic heterocycles. The van der Waals surface area contributed by atoms with Crippen LogP contribution in [0.1, 0.15) is 32.6 Å². The van der Waals surface area contributed by atoms with E-state index in [1.165, 1.54) is 19.3 Å². The molecule has 2 unspecified atom stereocenters. The smallest absolute Gasteiger partial charge is 0.292 e. The average Bonchev–Trinajstić information content (AvgIpc) is 2.32. The summed E-state index contributed by atoms with van der Waals surface area (Å²) in [6, 6.07) is 7.25. The maximum atomic E-state index is 10.9. The Labute approximate surface area is 101 Å². The summed E-state index contributed by atoms with van der Waals surface area (Å²) < 4.78 is 0. The fourth-order valence-corrected chi connectivity index (χ4v) is 2.49. The first-order valence-corrected chi connectivity index (χ1v) is 6.18. The molecule has 0 amide bonds. The van der Waals surface area contributed by atoms with Crippen LogP contribution in [0.5, 0.6) is 0 Å². The summed E-state index contributed by atoms with van der Waals surface area (Å²) in [6.07, 6.45) is 4.80. The van der Waals surface area contributed by atoms with Crippen LogP contribution < -0.4 is 5.32 Å². The molecule has 0 spiro atoms. The molecule has 0 radical (unpaired) electrons. The highest BCUT2D eigenvalue weighted by Gasteiger charge is 2.23. The average molecular weight is 234 g/mol. The molecular weight excluding hydrogens is 216 g/mol. The van der Waals surface area contributed by atoms with Crippen LogP contribution in [0.4, 0.5) is 11.4 Å². The van der Waals surface area contributed by atoms with E-state index in [0.717, 1.165) is 6.42 Å². The van der Waals surface area contributed by atoms with Crippen LogP contribution in [0.25, 0.3) is 0 Å². The van der Waals surface area contributed by atoms with Gasteiger partial charge in [0, 0.05) is 12.1 Å².